The number of amides is 2. The number of rotatable bonds is 2. The molecule has 2 amide bonds. The minimum absolute atomic E-state index is 0.0421. The summed E-state index contributed by atoms with van der Waals surface area (Å²) >= 11 is 0. The van der Waals surface area contributed by atoms with Crippen LogP contribution in [0.1, 0.15) is 5.56 Å². The number of benzene rings is 1. The fourth-order valence-electron chi connectivity index (χ4n) is 0.921. The average Bonchev–Trinajstić information content (AvgIpc) is 2.30. The molecule has 1 aromatic rings. The number of nitrogens with one attached hydrogen (secondary N) is 2. The molecule has 3 N–H and O–H groups in total. The molecule has 16 heavy (non-hydrogen) atoms. The number of hydrazone groups is 1. The first-order chi connectivity index (χ1) is 7.65. The van der Waals surface area contributed by atoms with Gasteiger partial charge in [-0.1, -0.05) is 12.1 Å². The highest BCUT2D eigenvalue weighted by molar-refractivity contribution is 6.34. The maximum absolute atomic E-state index is 10.9. The molecule has 0 aliphatic rings. The van der Waals surface area contributed by atoms with Gasteiger partial charge >= 0.3 is 11.8 Å². The van der Waals surface area contributed by atoms with Crippen molar-refractivity contribution in [2.45, 2.75) is 0 Å². The maximum atomic E-state index is 10.9. The van der Waals surface area contributed by atoms with Crippen molar-refractivity contribution in [3.8, 4) is 5.75 Å². The van der Waals surface area contributed by atoms with Gasteiger partial charge in [-0.3, -0.25) is 9.59 Å². The zero-order valence-electron chi connectivity index (χ0n) is 8.60. The zero-order valence-corrected chi connectivity index (χ0v) is 8.60. The Hall–Kier alpha value is -2.37. The maximum Gasteiger partial charge on any atom is 0.329 e. The molecule has 0 bridgehead atoms. The van der Waals surface area contributed by atoms with Gasteiger partial charge in [-0.05, 0) is 12.1 Å². The Kier molecular flexibility index (Phi) is 4.02. The molecule has 0 heterocycles. The van der Waals surface area contributed by atoms with Gasteiger partial charge in [0.05, 0.1) is 6.21 Å². The van der Waals surface area contributed by atoms with Crippen LogP contribution in [0, 0.1) is 0 Å². The zero-order chi connectivity index (χ0) is 12.0. The van der Waals surface area contributed by atoms with E-state index in [1.165, 1.54) is 19.3 Å². The number of carbonyl (C=O) groups is 2. The summed E-state index contributed by atoms with van der Waals surface area (Å²) in [4.78, 5) is 21.7. The summed E-state index contributed by atoms with van der Waals surface area (Å²) in [5, 5.41) is 15.0. The third kappa shape index (κ3) is 3.09. The Labute approximate surface area is 92.0 Å². The molecule has 0 aliphatic heterocycles. The van der Waals surface area contributed by atoms with E-state index < -0.39 is 11.8 Å². The highest BCUT2D eigenvalue weighted by Crippen LogP contribution is 2.12. The molecule has 1 aromatic carbocycles. The van der Waals surface area contributed by atoms with Crippen molar-refractivity contribution in [2.24, 2.45) is 5.10 Å². The van der Waals surface area contributed by atoms with Crippen LogP contribution >= 0.6 is 0 Å². The number of nitrogens with zero attached hydrogens (tertiary/aromatic N) is 1. The van der Waals surface area contributed by atoms with Crippen LogP contribution in [-0.4, -0.2) is 30.2 Å². The second-order valence-corrected chi connectivity index (χ2v) is 2.84. The fraction of sp³-hybridized carbons (Fsp3) is 0.100. The van der Waals surface area contributed by atoms with Gasteiger partial charge < -0.3 is 10.4 Å². The second-order valence-electron chi connectivity index (χ2n) is 2.84. The summed E-state index contributed by atoms with van der Waals surface area (Å²) in [6.45, 7) is 0. The number of aromatic hydroxyl groups is 1. The number of phenolic OH excluding ortho intramolecular Hbond substituents is 1. The third-order valence-corrected chi connectivity index (χ3v) is 1.74. The quantitative estimate of drug-likeness (QED) is 0.360. The molecule has 6 heteroatoms. The molecule has 0 radical (unpaired) electrons. The van der Waals surface area contributed by atoms with Crippen LogP contribution in [0.3, 0.4) is 0 Å². The van der Waals surface area contributed by atoms with Crippen molar-refractivity contribution >= 4 is 18.0 Å². The van der Waals surface area contributed by atoms with Gasteiger partial charge in [0.15, 0.2) is 0 Å². The number of hydrogen-bond acceptors (Lipinski definition) is 4. The molecule has 84 valence electrons. The lowest BCUT2D eigenvalue weighted by atomic mass is 10.2. The van der Waals surface area contributed by atoms with Gasteiger partial charge in [0.2, 0.25) is 0 Å². The number of carbonyl (C=O) groups excluding carboxylic acids is 2. The molecule has 1 rings (SSSR count). The summed E-state index contributed by atoms with van der Waals surface area (Å²) in [5.74, 6) is -1.61. The molecule has 6 nitrogen and oxygen atoms in total. The van der Waals surface area contributed by atoms with Gasteiger partial charge in [-0.25, -0.2) is 5.43 Å². The van der Waals surface area contributed by atoms with Crippen molar-refractivity contribution in [1.82, 2.24) is 10.7 Å². The summed E-state index contributed by atoms with van der Waals surface area (Å²) in [5.41, 5.74) is 2.46. The Morgan fingerprint density at radius 1 is 1.31 bits per heavy atom. The van der Waals surface area contributed by atoms with Gasteiger partial charge in [0, 0.05) is 12.6 Å². The number of likely N-dealkylation sites (N-methyl/N-ethyl adjacent to an activating group) is 1. The lowest BCUT2D eigenvalue weighted by Crippen LogP contribution is -2.35. The molecule has 0 spiro atoms. The van der Waals surface area contributed by atoms with E-state index >= 15 is 0 Å². The van der Waals surface area contributed by atoms with Crippen LogP contribution < -0.4 is 10.7 Å². The van der Waals surface area contributed by atoms with E-state index in [1.807, 2.05) is 5.43 Å². The average molecular weight is 221 g/mol. The monoisotopic (exact) mass is 221 g/mol. The van der Waals surface area contributed by atoms with Gasteiger partial charge in [-0.2, -0.15) is 5.10 Å². The first kappa shape index (κ1) is 11.7. The van der Waals surface area contributed by atoms with Crippen LogP contribution in [-0.2, 0) is 9.59 Å². The van der Waals surface area contributed by atoms with Gasteiger partial charge in [0.1, 0.15) is 5.75 Å². The Balaban J connectivity index is 2.59. The molecular formula is C10H11N3O3. The van der Waals surface area contributed by atoms with Crippen molar-refractivity contribution in [3.05, 3.63) is 29.8 Å². The lowest BCUT2D eigenvalue weighted by Gasteiger charge is -1.98. The van der Waals surface area contributed by atoms with E-state index in [0.717, 1.165) is 0 Å². The smallest absolute Gasteiger partial charge is 0.329 e. The standard InChI is InChI=1S/C10H11N3O3/c1-11-9(15)10(16)13-12-6-7-4-2-3-5-8(7)14/h2-6,14H,1H3,(H,11,15)(H,13,16). The molecule has 0 fully saturated rings. The summed E-state index contributed by atoms with van der Waals surface area (Å²) in [6, 6.07) is 6.48. The van der Waals surface area contributed by atoms with Gasteiger partial charge in [0.25, 0.3) is 0 Å². The van der Waals surface area contributed by atoms with E-state index in [1.54, 1.807) is 18.2 Å². The van der Waals surface area contributed by atoms with Gasteiger partial charge in [-0.15, -0.1) is 0 Å². The van der Waals surface area contributed by atoms with E-state index in [0.29, 0.717) is 5.56 Å². The predicted octanol–water partition coefficient (Wildman–Crippen LogP) is -0.412. The summed E-state index contributed by atoms with van der Waals surface area (Å²) in [7, 11) is 1.34. The highest BCUT2D eigenvalue weighted by Gasteiger charge is 2.08. The summed E-state index contributed by atoms with van der Waals surface area (Å²) in [6.07, 6.45) is 1.25. The summed E-state index contributed by atoms with van der Waals surface area (Å²) < 4.78 is 0. The van der Waals surface area contributed by atoms with E-state index in [-0.39, 0.29) is 5.75 Å². The van der Waals surface area contributed by atoms with Crippen molar-refractivity contribution < 1.29 is 14.7 Å². The topological polar surface area (TPSA) is 90.8 Å². The highest BCUT2D eigenvalue weighted by atomic mass is 16.3. The Morgan fingerprint density at radius 2 is 2.00 bits per heavy atom. The van der Waals surface area contributed by atoms with E-state index in [9.17, 15) is 14.7 Å². The largest absolute Gasteiger partial charge is 0.507 e. The van der Waals surface area contributed by atoms with Crippen LogP contribution in [0.5, 0.6) is 5.75 Å². The van der Waals surface area contributed by atoms with Crippen LogP contribution in [0.4, 0.5) is 0 Å². The molecule has 0 aliphatic carbocycles. The third-order valence-electron chi connectivity index (χ3n) is 1.74. The van der Waals surface area contributed by atoms with E-state index in [2.05, 4.69) is 10.4 Å². The predicted molar refractivity (Wildman–Crippen MR) is 57.9 cm³/mol. The van der Waals surface area contributed by atoms with Crippen molar-refractivity contribution in [1.29, 1.82) is 0 Å². The van der Waals surface area contributed by atoms with Crippen molar-refractivity contribution in [3.63, 3.8) is 0 Å². The Bertz CT molecular complexity index is 429. The number of para-hydroxylation sites is 1. The molecule has 0 saturated carbocycles. The minimum Gasteiger partial charge on any atom is -0.507 e. The lowest BCUT2D eigenvalue weighted by molar-refractivity contribution is -0.138. The molecule has 0 unspecified atom stereocenters. The Morgan fingerprint density at radius 3 is 2.62 bits per heavy atom. The first-order valence-corrected chi connectivity index (χ1v) is 4.48. The number of phenols is 1. The SMILES string of the molecule is CNC(=O)C(=O)NN=Cc1ccccc1O. The van der Waals surface area contributed by atoms with Crippen molar-refractivity contribution in [2.75, 3.05) is 7.05 Å². The van der Waals surface area contributed by atoms with Crippen LogP contribution in [0.15, 0.2) is 29.4 Å². The first-order valence-electron chi connectivity index (χ1n) is 4.48. The molecule has 0 aromatic heterocycles. The fourth-order valence-corrected chi connectivity index (χ4v) is 0.921. The molecule has 0 saturated heterocycles. The normalized spacial score (nSPS) is 10.1. The van der Waals surface area contributed by atoms with E-state index in [4.69, 9.17) is 0 Å². The molecule has 0 atom stereocenters. The minimum atomic E-state index is -0.867. The molecular weight excluding hydrogens is 210 g/mol. The number of hydrogen-bond donors (Lipinski definition) is 3. The second kappa shape index (κ2) is 5.50. The van der Waals surface area contributed by atoms with Crippen LogP contribution in [0.2, 0.25) is 0 Å². The van der Waals surface area contributed by atoms with Crippen LogP contribution in [0.25, 0.3) is 0 Å².